The van der Waals surface area contributed by atoms with Crippen molar-refractivity contribution < 1.29 is 14.3 Å². The summed E-state index contributed by atoms with van der Waals surface area (Å²) in [6, 6.07) is 19.7. The van der Waals surface area contributed by atoms with Crippen LogP contribution in [0.4, 0.5) is 0 Å². The summed E-state index contributed by atoms with van der Waals surface area (Å²) in [6.45, 7) is 1.33. The number of hydrogen-bond donors (Lipinski definition) is 0. The number of ketones is 1. The van der Waals surface area contributed by atoms with E-state index in [1.807, 2.05) is 60.7 Å². The Labute approximate surface area is 142 Å². The Balaban J connectivity index is 1.63. The molecule has 1 aliphatic heterocycles. The van der Waals surface area contributed by atoms with Gasteiger partial charge in [-0.15, -0.1) is 0 Å². The minimum absolute atomic E-state index is 0.0324. The topological polar surface area (TPSA) is 46.6 Å². The quantitative estimate of drug-likeness (QED) is 0.701. The predicted molar refractivity (Wildman–Crippen MR) is 91.2 cm³/mol. The average Bonchev–Trinajstić information content (AvgIpc) is 2.63. The highest BCUT2D eigenvalue weighted by Crippen LogP contribution is 2.23. The lowest BCUT2D eigenvalue weighted by Gasteiger charge is -2.30. The van der Waals surface area contributed by atoms with Gasteiger partial charge in [-0.3, -0.25) is 9.59 Å². The van der Waals surface area contributed by atoms with Gasteiger partial charge in [0.15, 0.2) is 5.78 Å². The van der Waals surface area contributed by atoms with Crippen LogP contribution < -0.4 is 0 Å². The van der Waals surface area contributed by atoms with Crippen molar-refractivity contribution in [2.45, 2.75) is 25.6 Å². The van der Waals surface area contributed by atoms with Crippen molar-refractivity contribution in [3.05, 3.63) is 71.8 Å². The van der Waals surface area contributed by atoms with Gasteiger partial charge < -0.3 is 9.64 Å². The van der Waals surface area contributed by atoms with E-state index in [2.05, 4.69) is 0 Å². The minimum atomic E-state index is -0.296. The molecule has 24 heavy (non-hydrogen) atoms. The Morgan fingerprint density at radius 2 is 1.71 bits per heavy atom. The predicted octanol–water partition coefficient (Wildman–Crippen LogP) is 3.14. The molecule has 1 amide bonds. The van der Waals surface area contributed by atoms with Crippen LogP contribution in [0.5, 0.6) is 0 Å². The third-order valence-corrected chi connectivity index (χ3v) is 4.19. The number of Topliss-reactive ketones (excluding diaryl/α,β-unsaturated/α-hetero) is 1. The number of β-lactam (4-membered cyclic amide) rings is 1. The van der Waals surface area contributed by atoms with E-state index in [-0.39, 0.29) is 30.8 Å². The van der Waals surface area contributed by atoms with Crippen LogP contribution in [0.25, 0.3) is 0 Å². The molecule has 1 atom stereocenters. The van der Waals surface area contributed by atoms with Gasteiger partial charge in [0.2, 0.25) is 5.91 Å². The molecule has 1 aliphatic rings. The van der Waals surface area contributed by atoms with E-state index in [4.69, 9.17) is 4.74 Å². The maximum absolute atomic E-state index is 12.3. The molecule has 0 bridgehead atoms. The van der Waals surface area contributed by atoms with Crippen molar-refractivity contribution in [1.29, 1.82) is 0 Å². The Kier molecular flexibility index (Phi) is 5.39. The lowest BCUT2D eigenvalue weighted by Crippen LogP contribution is -2.46. The van der Waals surface area contributed by atoms with Gasteiger partial charge in [0.05, 0.1) is 19.3 Å². The van der Waals surface area contributed by atoms with Crippen LogP contribution in [0.2, 0.25) is 0 Å². The summed E-state index contributed by atoms with van der Waals surface area (Å²) in [7, 11) is 0. The molecule has 124 valence electrons. The Bertz CT molecular complexity index is 685. The fourth-order valence-corrected chi connectivity index (χ4v) is 2.72. The average molecular weight is 323 g/mol. The number of nitrogens with zero attached hydrogens (tertiary/aromatic N) is 1. The molecule has 0 aromatic heterocycles. The lowest BCUT2D eigenvalue weighted by atomic mass is 10.0. The molecule has 0 aliphatic carbocycles. The van der Waals surface area contributed by atoms with E-state index >= 15 is 0 Å². The monoisotopic (exact) mass is 323 g/mol. The second-order valence-corrected chi connectivity index (χ2v) is 6.00. The molecule has 1 saturated heterocycles. The van der Waals surface area contributed by atoms with Gasteiger partial charge in [0.25, 0.3) is 0 Å². The first-order chi connectivity index (χ1) is 11.7. The van der Waals surface area contributed by atoms with Crippen LogP contribution in [0.1, 0.15) is 30.1 Å². The Morgan fingerprint density at radius 3 is 2.29 bits per heavy atom. The lowest BCUT2D eigenvalue weighted by molar-refractivity contribution is -0.143. The molecule has 1 fully saturated rings. The molecule has 2 aromatic rings. The minimum Gasteiger partial charge on any atom is -0.368 e. The molecule has 0 N–H and O–H groups in total. The number of benzene rings is 2. The zero-order valence-electron chi connectivity index (χ0n) is 13.6. The van der Waals surface area contributed by atoms with Crippen LogP contribution in [0, 0.1) is 0 Å². The van der Waals surface area contributed by atoms with E-state index < -0.39 is 0 Å². The number of ether oxygens (including phenoxy) is 1. The third-order valence-electron chi connectivity index (χ3n) is 4.19. The molecular weight excluding hydrogens is 302 g/mol. The maximum atomic E-state index is 12.3. The Hall–Kier alpha value is -2.46. The molecule has 0 saturated carbocycles. The van der Waals surface area contributed by atoms with Crippen LogP contribution >= 0.6 is 0 Å². The molecule has 4 nitrogen and oxygen atoms in total. The van der Waals surface area contributed by atoms with Gasteiger partial charge in [-0.25, -0.2) is 0 Å². The molecule has 1 unspecified atom stereocenters. The van der Waals surface area contributed by atoms with Gasteiger partial charge >= 0.3 is 0 Å². The van der Waals surface area contributed by atoms with Crippen LogP contribution in [-0.4, -0.2) is 29.7 Å². The number of amides is 1. The number of rotatable bonds is 8. The molecule has 0 spiro atoms. The summed E-state index contributed by atoms with van der Waals surface area (Å²) < 4.78 is 6.02. The molecule has 1 heterocycles. The number of hydrogen-bond acceptors (Lipinski definition) is 3. The first-order valence-corrected chi connectivity index (χ1v) is 8.22. The van der Waals surface area contributed by atoms with Crippen LogP contribution in [0.3, 0.4) is 0 Å². The normalized spacial score (nSPS) is 15.0. The summed E-state index contributed by atoms with van der Waals surface area (Å²) in [5.41, 5.74) is 2.06. The summed E-state index contributed by atoms with van der Waals surface area (Å²) in [5.74, 6) is 0.0924. The molecule has 0 radical (unpaired) electrons. The zero-order valence-corrected chi connectivity index (χ0v) is 13.6. The van der Waals surface area contributed by atoms with E-state index in [1.54, 1.807) is 4.90 Å². The summed E-state index contributed by atoms with van der Waals surface area (Å²) in [5, 5.41) is 0. The van der Waals surface area contributed by atoms with Crippen molar-refractivity contribution >= 4 is 11.7 Å². The van der Waals surface area contributed by atoms with Gasteiger partial charge in [0.1, 0.15) is 0 Å². The molecule has 4 heteroatoms. The van der Waals surface area contributed by atoms with Gasteiger partial charge in [-0.2, -0.15) is 0 Å². The van der Waals surface area contributed by atoms with Crippen LogP contribution in [0.15, 0.2) is 60.7 Å². The van der Waals surface area contributed by atoms with E-state index in [0.29, 0.717) is 19.6 Å². The highest BCUT2D eigenvalue weighted by molar-refractivity contribution is 5.89. The van der Waals surface area contributed by atoms with E-state index in [0.717, 1.165) is 11.1 Å². The SMILES string of the molecule is O=C(CC(OCc1ccccc1)c1ccccc1)CN1CCC1=O. The first-order valence-electron chi connectivity index (χ1n) is 8.22. The second kappa shape index (κ2) is 7.88. The molecule has 3 rings (SSSR count). The van der Waals surface area contributed by atoms with Crippen molar-refractivity contribution in [2.24, 2.45) is 0 Å². The van der Waals surface area contributed by atoms with Crippen molar-refractivity contribution in [3.63, 3.8) is 0 Å². The largest absolute Gasteiger partial charge is 0.368 e. The number of carbonyl (C=O) groups is 2. The van der Waals surface area contributed by atoms with Crippen molar-refractivity contribution in [2.75, 3.05) is 13.1 Å². The van der Waals surface area contributed by atoms with Crippen molar-refractivity contribution in [1.82, 2.24) is 4.90 Å². The number of carbonyl (C=O) groups excluding carboxylic acids is 2. The van der Waals surface area contributed by atoms with Crippen molar-refractivity contribution in [3.8, 4) is 0 Å². The van der Waals surface area contributed by atoms with E-state index in [1.165, 1.54) is 0 Å². The van der Waals surface area contributed by atoms with Gasteiger partial charge in [0, 0.05) is 19.4 Å². The standard InChI is InChI=1S/C20H21NO3/c22-18(14-21-12-11-20(21)23)13-19(17-9-5-2-6-10-17)24-15-16-7-3-1-4-8-16/h1-10,19H,11-15H2. The summed E-state index contributed by atoms with van der Waals surface area (Å²) in [6.07, 6.45) is 0.538. The van der Waals surface area contributed by atoms with Gasteiger partial charge in [-0.1, -0.05) is 60.7 Å². The summed E-state index contributed by atoms with van der Waals surface area (Å²) in [4.78, 5) is 25.3. The Morgan fingerprint density at radius 1 is 1.04 bits per heavy atom. The zero-order chi connectivity index (χ0) is 16.8. The fraction of sp³-hybridized carbons (Fsp3) is 0.300. The smallest absolute Gasteiger partial charge is 0.224 e. The number of likely N-dealkylation sites (tertiary alicyclic amines) is 1. The molecular formula is C20H21NO3. The highest BCUT2D eigenvalue weighted by atomic mass is 16.5. The van der Waals surface area contributed by atoms with Gasteiger partial charge in [-0.05, 0) is 11.1 Å². The third kappa shape index (κ3) is 4.30. The second-order valence-electron chi connectivity index (χ2n) is 6.00. The van der Waals surface area contributed by atoms with E-state index in [9.17, 15) is 9.59 Å². The fourth-order valence-electron chi connectivity index (χ4n) is 2.72. The first kappa shape index (κ1) is 16.4. The maximum Gasteiger partial charge on any atom is 0.224 e. The molecule has 2 aromatic carbocycles. The highest BCUT2D eigenvalue weighted by Gasteiger charge is 2.27. The summed E-state index contributed by atoms with van der Waals surface area (Å²) >= 11 is 0. The van der Waals surface area contributed by atoms with Crippen LogP contribution in [-0.2, 0) is 20.9 Å².